The van der Waals surface area contributed by atoms with Crippen LogP contribution in [0.15, 0.2) is 48.5 Å². The Bertz CT molecular complexity index is 1070. The van der Waals surface area contributed by atoms with Crippen LogP contribution in [0.5, 0.6) is 0 Å². The molecule has 0 aliphatic rings. The van der Waals surface area contributed by atoms with Crippen molar-refractivity contribution in [2.75, 3.05) is 6.61 Å². The van der Waals surface area contributed by atoms with Crippen LogP contribution in [0.2, 0.25) is 0 Å². The minimum Gasteiger partial charge on any atom is -0.464 e. The van der Waals surface area contributed by atoms with Gasteiger partial charge in [-0.05, 0) is 69.2 Å². The number of nitrogens with zero attached hydrogens (tertiary/aromatic N) is 2. The highest BCUT2D eigenvalue weighted by Crippen LogP contribution is 2.26. The number of nitrogens with one attached hydrogen (secondary N) is 1. The van der Waals surface area contributed by atoms with Gasteiger partial charge in [0.05, 0.1) is 18.0 Å². The second-order valence-electron chi connectivity index (χ2n) is 7.18. The van der Waals surface area contributed by atoms with Crippen LogP contribution in [0.1, 0.15) is 52.8 Å². The number of hydrogen-bond donors (Lipinski definition) is 1. The summed E-state index contributed by atoms with van der Waals surface area (Å²) in [5, 5.41) is 7.31. The van der Waals surface area contributed by atoms with E-state index in [2.05, 4.69) is 10.4 Å². The van der Waals surface area contributed by atoms with Crippen molar-refractivity contribution in [3.8, 4) is 5.69 Å². The first-order valence-corrected chi connectivity index (χ1v) is 10.2. The smallest absolute Gasteiger partial charge is 0.333 e. The van der Waals surface area contributed by atoms with Gasteiger partial charge in [0.25, 0.3) is 5.91 Å². The number of halogens is 1. The first-order valence-electron chi connectivity index (χ1n) is 10.2. The molecule has 0 aliphatic carbocycles. The molecular weight excluding hydrogens is 397 g/mol. The lowest BCUT2D eigenvalue weighted by atomic mass is 10.0. The fraction of sp³-hybridized carbons (Fsp3) is 0.292. The maximum atomic E-state index is 13.3. The molecule has 1 heterocycles. The van der Waals surface area contributed by atoms with Gasteiger partial charge in [-0.1, -0.05) is 19.1 Å². The quantitative estimate of drug-likeness (QED) is 0.578. The molecule has 2 aromatic carbocycles. The van der Waals surface area contributed by atoms with Gasteiger partial charge in [-0.25, -0.2) is 13.9 Å². The highest BCUT2D eigenvalue weighted by Gasteiger charge is 2.30. The summed E-state index contributed by atoms with van der Waals surface area (Å²) in [5.41, 5.74) is 4.00. The van der Waals surface area contributed by atoms with Crippen molar-refractivity contribution in [2.24, 2.45) is 0 Å². The van der Waals surface area contributed by atoms with E-state index in [9.17, 15) is 14.0 Å². The zero-order valence-electron chi connectivity index (χ0n) is 18.1. The Morgan fingerprint density at radius 2 is 1.71 bits per heavy atom. The number of hydrogen-bond acceptors (Lipinski definition) is 4. The van der Waals surface area contributed by atoms with E-state index in [1.165, 1.54) is 12.1 Å². The monoisotopic (exact) mass is 423 g/mol. The standard InChI is InChI=1S/C24H26FN3O3/c1-5-17-7-9-18(10-8-17)23(29)26-22(24(30)31-6-2)21-15(3)27-28(16(21)4)20-13-11-19(25)12-14-20/h7-14,22H,5-6H2,1-4H3,(H,26,29)/t22-/m0/s1. The second kappa shape index (κ2) is 9.55. The van der Waals surface area contributed by atoms with E-state index < -0.39 is 12.0 Å². The minimum atomic E-state index is -1.02. The van der Waals surface area contributed by atoms with Crippen LogP contribution in [0, 0.1) is 19.7 Å². The maximum absolute atomic E-state index is 13.3. The topological polar surface area (TPSA) is 73.2 Å². The molecule has 0 unspecified atom stereocenters. The molecule has 0 spiro atoms. The summed E-state index contributed by atoms with van der Waals surface area (Å²) in [6.45, 7) is 7.49. The molecule has 1 N–H and O–H groups in total. The predicted molar refractivity (Wildman–Crippen MR) is 116 cm³/mol. The van der Waals surface area contributed by atoms with Crippen LogP contribution in [-0.4, -0.2) is 28.3 Å². The molecule has 6 nitrogen and oxygen atoms in total. The van der Waals surface area contributed by atoms with Crippen molar-refractivity contribution in [2.45, 2.75) is 40.2 Å². The van der Waals surface area contributed by atoms with Gasteiger partial charge in [0.2, 0.25) is 0 Å². The number of ether oxygens (including phenoxy) is 1. The third-order valence-corrected chi connectivity index (χ3v) is 5.13. The second-order valence-corrected chi connectivity index (χ2v) is 7.18. The lowest BCUT2D eigenvalue weighted by molar-refractivity contribution is -0.145. The zero-order chi connectivity index (χ0) is 22.5. The Kier molecular flexibility index (Phi) is 6.84. The number of aryl methyl sites for hydroxylation is 2. The largest absolute Gasteiger partial charge is 0.464 e. The predicted octanol–water partition coefficient (Wildman–Crippen LogP) is 4.22. The Morgan fingerprint density at radius 1 is 1.06 bits per heavy atom. The van der Waals surface area contributed by atoms with Crippen molar-refractivity contribution in [3.05, 3.63) is 82.4 Å². The summed E-state index contributed by atoms with van der Waals surface area (Å²) >= 11 is 0. The molecule has 31 heavy (non-hydrogen) atoms. The van der Waals surface area contributed by atoms with E-state index in [0.29, 0.717) is 28.2 Å². The summed E-state index contributed by atoms with van der Waals surface area (Å²) in [5.74, 6) is -1.30. The Hall–Kier alpha value is -3.48. The number of rotatable bonds is 7. The molecular formula is C24H26FN3O3. The number of carbonyl (C=O) groups excluding carboxylic acids is 2. The lowest BCUT2D eigenvalue weighted by Crippen LogP contribution is -2.35. The van der Waals surface area contributed by atoms with Gasteiger partial charge in [0.15, 0.2) is 6.04 Å². The first kappa shape index (κ1) is 22.2. The summed E-state index contributed by atoms with van der Waals surface area (Å²) in [7, 11) is 0. The highest BCUT2D eigenvalue weighted by atomic mass is 19.1. The molecule has 0 saturated heterocycles. The molecule has 1 amide bonds. The molecule has 0 saturated carbocycles. The molecule has 7 heteroatoms. The third-order valence-electron chi connectivity index (χ3n) is 5.13. The van der Waals surface area contributed by atoms with Gasteiger partial charge in [-0.15, -0.1) is 0 Å². The summed E-state index contributed by atoms with van der Waals surface area (Å²) in [4.78, 5) is 25.7. The normalized spacial score (nSPS) is 11.8. The van der Waals surface area contributed by atoms with E-state index in [0.717, 1.165) is 12.0 Å². The van der Waals surface area contributed by atoms with Crippen molar-refractivity contribution >= 4 is 11.9 Å². The first-order chi connectivity index (χ1) is 14.8. The molecule has 3 rings (SSSR count). The maximum Gasteiger partial charge on any atom is 0.333 e. The van der Waals surface area contributed by atoms with Crippen molar-refractivity contribution < 1.29 is 18.7 Å². The van der Waals surface area contributed by atoms with Gasteiger partial charge >= 0.3 is 5.97 Å². The molecule has 0 radical (unpaired) electrons. The summed E-state index contributed by atoms with van der Waals surface area (Å²) in [6.07, 6.45) is 0.869. The number of carbonyl (C=O) groups is 2. The molecule has 0 bridgehead atoms. The summed E-state index contributed by atoms with van der Waals surface area (Å²) in [6, 6.07) is 12.1. The fourth-order valence-electron chi connectivity index (χ4n) is 3.49. The Balaban J connectivity index is 1.97. The van der Waals surface area contributed by atoms with Gasteiger partial charge in [-0.3, -0.25) is 4.79 Å². The van der Waals surface area contributed by atoms with E-state index in [1.807, 2.05) is 19.1 Å². The molecule has 0 aliphatic heterocycles. The average Bonchev–Trinajstić information content (AvgIpc) is 3.06. The van der Waals surface area contributed by atoms with Crippen LogP contribution in [-0.2, 0) is 16.0 Å². The molecule has 162 valence electrons. The van der Waals surface area contributed by atoms with Gasteiger partial charge < -0.3 is 10.1 Å². The lowest BCUT2D eigenvalue weighted by Gasteiger charge is -2.18. The molecule has 0 fully saturated rings. The number of amides is 1. The van der Waals surface area contributed by atoms with Crippen LogP contribution in [0.3, 0.4) is 0 Å². The van der Waals surface area contributed by atoms with Gasteiger partial charge in [0, 0.05) is 16.8 Å². The molecule has 3 aromatic rings. The fourth-order valence-corrected chi connectivity index (χ4v) is 3.49. The van der Waals surface area contributed by atoms with Gasteiger partial charge in [0.1, 0.15) is 5.82 Å². The summed E-state index contributed by atoms with van der Waals surface area (Å²) < 4.78 is 20.2. The van der Waals surface area contributed by atoms with Crippen molar-refractivity contribution in [3.63, 3.8) is 0 Å². The van der Waals surface area contributed by atoms with E-state index in [4.69, 9.17) is 4.74 Å². The van der Waals surface area contributed by atoms with Crippen LogP contribution in [0.4, 0.5) is 4.39 Å². The Morgan fingerprint density at radius 3 is 2.29 bits per heavy atom. The third kappa shape index (κ3) is 4.82. The molecule has 1 aromatic heterocycles. The van der Waals surface area contributed by atoms with Crippen molar-refractivity contribution in [1.82, 2.24) is 15.1 Å². The highest BCUT2D eigenvalue weighted by molar-refractivity contribution is 5.97. The van der Waals surface area contributed by atoms with E-state index >= 15 is 0 Å². The van der Waals surface area contributed by atoms with Crippen LogP contribution >= 0.6 is 0 Å². The average molecular weight is 423 g/mol. The SMILES string of the molecule is CCOC(=O)[C@@H](NC(=O)c1ccc(CC)cc1)c1c(C)nn(-c2ccc(F)cc2)c1C. The Labute approximate surface area is 181 Å². The van der Waals surface area contributed by atoms with Crippen LogP contribution < -0.4 is 5.32 Å². The van der Waals surface area contributed by atoms with E-state index in [-0.39, 0.29) is 18.3 Å². The van der Waals surface area contributed by atoms with Crippen LogP contribution in [0.25, 0.3) is 5.69 Å². The van der Waals surface area contributed by atoms with Crippen molar-refractivity contribution in [1.29, 1.82) is 0 Å². The zero-order valence-corrected chi connectivity index (χ0v) is 18.1. The van der Waals surface area contributed by atoms with E-state index in [1.54, 1.807) is 49.7 Å². The number of benzene rings is 2. The number of esters is 1. The minimum absolute atomic E-state index is 0.181. The molecule has 1 atom stereocenters. The number of aromatic nitrogens is 2. The van der Waals surface area contributed by atoms with Gasteiger partial charge in [-0.2, -0.15) is 5.10 Å².